The second kappa shape index (κ2) is 14.8. The molecule has 12 aromatic rings. The standard InChI is InChI=1S/C64H59Br2N3/c1-61(2,3)36-18-20-54-42(24-36)49-27-38(63(7,8)9)26-48(59(49)67-54)41-32-52(65)40(31-53(41)66)46-22-35(34-16-14-13-15-17-34)23-47-43-30-45-51-29-39(64(10,11)12)28-50-44-25-37(62(4,5)6)19-21-56(44)69(60(50)51)57(45)33-55(43)68-58(46)47/h13-33,67-68H,1-12H3. The first kappa shape index (κ1) is 44.3. The van der Waals surface area contributed by atoms with Crippen LogP contribution in [0.3, 0.4) is 0 Å². The van der Waals surface area contributed by atoms with Crippen molar-refractivity contribution >= 4 is 114 Å². The zero-order valence-electron chi connectivity index (χ0n) is 41.8. The van der Waals surface area contributed by atoms with Crippen molar-refractivity contribution in [3.8, 4) is 33.4 Å². The Bertz CT molecular complexity index is 4110. The van der Waals surface area contributed by atoms with Crippen LogP contribution >= 0.6 is 31.9 Å². The summed E-state index contributed by atoms with van der Waals surface area (Å²) in [4.78, 5) is 7.91. The van der Waals surface area contributed by atoms with E-state index in [0.29, 0.717) is 0 Å². The van der Waals surface area contributed by atoms with E-state index in [2.05, 4.69) is 257 Å². The fourth-order valence-electron chi connectivity index (χ4n) is 11.0. The predicted molar refractivity (Wildman–Crippen MR) is 306 cm³/mol. The highest BCUT2D eigenvalue weighted by Gasteiger charge is 2.27. The van der Waals surface area contributed by atoms with Crippen LogP contribution in [0, 0.1) is 0 Å². The van der Waals surface area contributed by atoms with Crippen molar-refractivity contribution < 1.29 is 0 Å². The van der Waals surface area contributed by atoms with E-state index >= 15 is 0 Å². The van der Waals surface area contributed by atoms with E-state index in [4.69, 9.17) is 0 Å². The summed E-state index contributed by atoms with van der Waals surface area (Å²) in [6, 6.07) is 48.9. The molecule has 0 spiro atoms. The van der Waals surface area contributed by atoms with E-state index in [1.54, 1.807) is 0 Å². The number of nitrogens with one attached hydrogen (secondary N) is 2. The molecule has 344 valence electrons. The van der Waals surface area contributed by atoms with Gasteiger partial charge in [0.05, 0.1) is 27.6 Å². The molecule has 69 heavy (non-hydrogen) atoms. The molecule has 8 aromatic carbocycles. The number of hydrogen-bond acceptors (Lipinski definition) is 0. The summed E-state index contributed by atoms with van der Waals surface area (Å²) in [6.07, 6.45) is 0. The van der Waals surface area contributed by atoms with Crippen molar-refractivity contribution in [2.75, 3.05) is 0 Å². The number of H-pyrrole nitrogens is 2. The molecule has 2 N–H and O–H groups in total. The van der Waals surface area contributed by atoms with Crippen LogP contribution < -0.4 is 0 Å². The van der Waals surface area contributed by atoms with E-state index < -0.39 is 0 Å². The molecule has 0 aliphatic carbocycles. The Labute approximate surface area is 421 Å². The summed E-state index contributed by atoms with van der Waals surface area (Å²) >= 11 is 8.39. The summed E-state index contributed by atoms with van der Waals surface area (Å²) in [5.74, 6) is 0. The molecule has 0 fully saturated rings. The number of hydrogen-bond donors (Lipinski definition) is 2. The van der Waals surface area contributed by atoms with Gasteiger partial charge < -0.3 is 14.4 Å². The third kappa shape index (κ3) is 6.92. The average Bonchev–Trinajstić information content (AvgIpc) is 4.03. The second-order valence-corrected chi connectivity index (χ2v) is 25.7. The molecule has 12 rings (SSSR count). The zero-order valence-corrected chi connectivity index (χ0v) is 45.0. The minimum absolute atomic E-state index is 0.0157. The average molecular weight is 1030 g/mol. The summed E-state index contributed by atoms with van der Waals surface area (Å²) in [5, 5.41) is 10.2. The van der Waals surface area contributed by atoms with Crippen molar-refractivity contribution in [2.24, 2.45) is 0 Å². The van der Waals surface area contributed by atoms with Gasteiger partial charge in [-0.2, -0.15) is 0 Å². The number of aromatic amines is 2. The van der Waals surface area contributed by atoms with Crippen molar-refractivity contribution in [1.29, 1.82) is 0 Å². The normalized spacial score (nSPS) is 13.4. The van der Waals surface area contributed by atoms with Crippen molar-refractivity contribution in [1.82, 2.24) is 14.4 Å². The Morgan fingerprint density at radius 1 is 0.348 bits per heavy atom. The zero-order chi connectivity index (χ0) is 48.4. The molecular weight excluding hydrogens is 971 g/mol. The molecule has 0 atom stereocenters. The number of nitrogens with zero attached hydrogens (tertiary/aromatic N) is 1. The smallest absolute Gasteiger partial charge is 0.0620 e. The van der Waals surface area contributed by atoms with Gasteiger partial charge >= 0.3 is 0 Å². The minimum atomic E-state index is -0.0513. The summed E-state index contributed by atoms with van der Waals surface area (Å²) in [6.45, 7) is 27.8. The maximum Gasteiger partial charge on any atom is 0.0620 e. The van der Waals surface area contributed by atoms with Gasteiger partial charge in [0, 0.05) is 74.2 Å². The maximum atomic E-state index is 4.20. The predicted octanol–water partition coefficient (Wildman–Crippen LogP) is 19.8. The van der Waals surface area contributed by atoms with E-state index in [1.807, 2.05) is 0 Å². The largest absolute Gasteiger partial charge is 0.354 e. The Kier molecular flexibility index (Phi) is 9.52. The Hall–Kier alpha value is -5.88. The second-order valence-electron chi connectivity index (χ2n) is 24.0. The molecule has 4 heterocycles. The van der Waals surface area contributed by atoms with Gasteiger partial charge in [0.2, 0.25) is 0 Å². The van der Waals surface area contributed by atoms with Crippen LogP contribution in [0.5, 0.6) is 0 Å². The molecule has 0 amide bonds. The fraction of sp³-hybridized carbons (Fsp3) is 0.250. The highest BCUT2D eigenvalue weighted by Crippen LogP contribution is 2.49. The van der Waals surface area contributed by atoms with Crippen molar-refractivity contribution in [3.63, 3.8) is 0 Å². The topological polar surface area (TPSA) is 36.0 Å². The molecule has 0 unspecified atom stereocenters. The SMILES string of the molecule is CC(C)(C)c1ccc2[nH]c3c(-c4cc(Br)c(-c5cc(-c6ccccc6)cc6c5[nH]c5cc7c(cc56)c5cc(C(C)(C)C)cc6c8cc(C(C)(C)C)ccc8n7c65)cc4Br)cc(C(C)(C)C)cc3c2c1. The van der Waals surface area contributed by atoms with Gasteiger partial charge in [-0.15, -0.1) is 0 Å². The van der Waals surface area contributed by atoms with Crippen LogP contribution in [0.2, 0.25) is 0 Å². The first-order valence-corrected chi connectivity index (χ1v) is 26.0. The van der Waals surface area contributed by atoms with Crippen LogP contribution in [0.25, 0.3) is 115 Å². The number of benzene rings is 8. The highest BCUT2D eigenvalue weighted by molar-refractivity contribution is 9.11. The first-order valence-electron chi connectivity index (χ1n) is 24.5. The lowest BCUT2D eigenvalue weighted by atomic mass is 9.83. The van der Waals surface area contributed by atoms with Crippen LogP contribution in [-0.4, -0.2) is 14.4 Å². The highest BCUT2D eigenvalue weighted by atomic mass is 79.9. The van der Waals surface area contributed by atoms with Gasteiger partial charge in [0.1, 0.15) is 0 Å². The van der Waals surface area contributed by atoms with E-state index in [-0.39, 0.29) is 21.7 Å². The molecule has 3 nitrogen and oxygen atoms in total. The quantitative estimate of drug-likeness (QED) is 0.177. The van der Waals surface area contributed by atoms with Gasteiger partial charge in [-0.05, 0) is 151 Å². The van der Waals surface area contributed by atoms with E-state index in [1.165, 1.54) is 98.6 Å². The summed E-state index contributed by atoms with van der Waals surface area (Å²) in [7, 11) is 0. The summed E-state index contributed by atoms with van der Waals surface area (Å²) in [5.41, 5.74) is 20.7. The number of rotatable bonds is 3. The van der Waals surface area contributed by atoms with Crippen LogP contribution in [0.15, 0.2) is 136 Å². The lowest BCUT2D eigenvalue weighted by molar-refractivity contribution is 0.590. The van der Waals surface area contributed by atoms with Gasteiger partial charge in [0.15, 0.2) is 0 Å². The third-order valence-electron chi connectivity index (χ3n) is 15.1. The fourth-order valence-corrected chi connectivity index (χ4v) is 12.1. The molecule has 0 radical (unpaired) electrons. The van der Waals surface area contributed by atoms with Crippen molar-refractivity contribution in [2.45, 2.75) is 105 Å². The first-order chi connectivity index (χ1) is 32.5. The minimum Gasteiger partial charge on any atom is -0.354 e. The molecular formula is C64H59Br2N3. The molecule has 0 bridgehead atoms. The number of aromatic nitrogens is 3. The van der Waals surface area contributed by atoms with Crippen molar-refractivity contribution in [3.05, 3.63) is 159 Å². The summed E-state index contributed by atoms with van der Waals surface area (Å²) < 4.78 is 4.61. The van der Waals surface area contributed by atoms with Gasteiger partial charge in [-0.1, -0.05) is 157 Å². The lowest BCUT2D eigenvalue weighted by Crippen LogP contribution is -2.11. The molecule has 0 aliphatic heterocycles. The monoisotopic (exact) mass is 1030 g/mol. The third-order valence-corrected chi connectivity index (χ3v) is 16.4. The molecule has 0 saturated carbocycles. The van der Waals surface area contributed by atoms with Gasteiger partial charge in [-0.25, -0.2) is 0 Å². The Morgan fingerprint density at radius 3 is 1.43 bits per heavy atom. The Balaban J connectivity index is 1.11. The molecule has 0 aliphatic rings. The lowest BCUT2D eigenvalue weighted by Gasteiger charge is -2.22. The van der Waals surface area contributed by atoms with E-state index in [0.717, 1.165) is 47.7 Å². The number of fused-ring (bicyclic) bond motifs is 12. The maximum absolute atomic E-state index is 4.20. The molecule has 4 aromatic heterocycles. The molecule has 0 saturated heterocycles. The van der Waals surface area contributed by atoms with Crippen LogP contribution in [0.4, 0.5) is 0 Å². The van der Waals surface area contributed by atoms with Crippen LogP contribution in [0.1, 0.15) is 105 Å². The van der Waals surface area contributed by atoms with Crippen LogP contribution in [-0.2, 0) is 21.7 Å². The van der Waals surface area contributed by atoms with E-state index in [9.17, 15) is 0 Å². The number of halogens is 2. The van der Waals surface area contributed by atoms with Gasteiger partial charge in [0.25, 0.3) is 0 Å². The molecule has 5 heteroatoms. The Morgan fingerprint density at radius 2 is 0.826 bits per heavy atom. The van der Waals surface area contributed by atoms with Gasteiger partial charge in [-0.3, -0.25) is 0 Å².